The van der Waals surface area contributed by atoms with Crippen molar-refractivity contribution in [3.8, 4) is 0 Å². The maximum atomic E-state index is 12.1. The number of Topliss-reactive ketones (excluding diaryl/α,β-unsaturated/α-hetero) is 1. The quantitative estimate of drug-likeness (QED) is 0.272. The van der Waals surface area contributed by atoms with Crippen LogP contribution in [-0.4, -0.2) is 59.2 Å². The topological polar surface area (TPSA) is 121 Å². The summed E-state index contributed by atoms with van der Waals surface area (Å²) in [5.74, 6) is 1.60. The van der Waals surface area contributed by atoms with Gasteiger partial charge in [0.05, 0.1) is 37.5 Å². The summed E-state index contributed by atoms with van der Waals surface area (Å²) in [6.45, 7) is 6.75. The Morgan fingerprint density at radius 2 is 1.75 bits per heavy atom. The molecule has 3 aromatic rings. The van der Waals surface area contributed by atoms with E-state index in [1.807, 2.05) is 18.2 Å². The van der Waals surface area contributed by atoms with Crippen molar-refractivity contribution in [1.82, 2.24) is 19.9 Å². The van der Waals surface area contributed by atoms with Gasteiger partial charge in [0.1, 0.15) is 17.1 Å². The van der Waals surface area contributed by atoms with E-state index >= 15 is 0 Å². The number of nitrogen functional groups attached to an aromatic ring is 1. The number of ether oxygens (including phenoxy) is 2. The van der Waals surface area contributed by atoms with Crippen molar-refractivity contribution in [2.24, 2.45) is 0 Å². The molecule has 0 aliphatic heterocycles. The molecule has 2 heterocycles. The molecule has 0 saturated carbocycles. The summed E-state index contributed by atoms with van der Waals surface area (Å²) in [5, 5.41) is 4.03. The van der Waals surface area contributed by atoms with Gasteiger partial charge in [-0.25, -0.2) is 9.97 Å². The number of nitrogens with one attached hydrogen (secondary N) is 1. The summed E-state index contributed by atoms with van der Waals surface area (Å²) in [6.07, 6.45) is 5.58. The summed E-state index contributed by atoms with van der Waals surface area (Å²) in [5.41, 5.74) is 8.97. The van der Waals surface area contributed by atoms with E-state index in [1.54, 1.807) is 6.92 Å². The van der Waals surface area contributed by atoms with Crippen LogP contribution < -0.4 is 11.1 Å². The second-order valence-corrected chi connectivity index (χ2v) is 8.98. The van der Waals surface area contributed by atoms with Gasteiger partial charge in [-0.3, -0.25) is 9.59 Å². The van der Waals surface area contributed by atoms with E-state index in [2.05, 4.69) is 27.9 Å². The van der Waals surface area contributed by atoms with Crippen LogP contribution in [0, 0.1) is 0 Å². The van der Waals surface area contributed by atoms with Gasteiger partial charge in [0.25, 0.3) is 0 Å². The third-order valence-corrected chi connectivity index (χ3v) is 6.02. The van der Waals surface area contributed by atoms with Gasteiger partial charge < -0.3 is 25.1 Å². The highest BCUT2D eigenvalue weighted by molar-refractivity contribution is 6.06. The normalized spacial score (nSPS) is 11.4. The number of hydrogen-bond donors (Lipinski definition) is 2. The smallest absolute Gasteiger partial charge is 0.222 e. The Morgan fingerprint density at radius 3 is 2.50 bits per heavy atom. The number of rotatable bonds is 17. The van der Waals surface area contributed by atoms with E-state index in [0.29, 0.717) is 51.6 Å². The predicted octanol–water partition coefficient (Wildman–Crippen LogP) is 3.81. The minimum Gasteiger partial charge on any atom is -0.382 e. The van der Waals surface area contributed by atoms with Crippen LogP contribution in [0.4, 0.5) is 5.82 Å². The first kappa shape index (κ1) is 27.5. The number of ketones is 1. The number of nitrogens with zero attached hydrogens (tertiary/aromatic N) is 3. The molecule has 1 aromatic carbocycles. The highest BCUT2D eigenvalue weighted by Crippen LogP contribution is 2.29. The number of para-hydroxylation sites is 1. The average molecular weight is 498 g/mol. The Balaban J connectivity index is 1.45. The number of benzene rings is 1. The molecule has 2 aromatic heterocycles. The zero-order valence-electron chi connectivity index (χ0n) is 21.6. The minimum absolute atomic E-state index is 0.0194. The van der Waals surface area contributed by atoms with Gasteiger partial charge in [0.2, 0.25) is 5.91 Å². The third-order valence-electron chi connectivity index (χ3n) is 6.02. The molecule has 0 radical (unpaired) electrons. The van der Waals surface area contributed by atoms with E-state index in [1.165, 1.54) is 0 Å². The van der Waals surface area contributed by atoms with E-state index in [4.69, 9.17) is 20.2 Å². The van der Waals surface area contributed by atoms with Crippen molar-refractivity contribution in [2.45, 2.75) is 65.3 Å². The maximum absolute atomic E-state index is 12.1. The molecule has 0 saturated heterocycles. The molecule has 9 heteroatoms. The number of fused-ring (bicyclic) bond motifs is 3. The number of carbonyl (C=O) groups is 2. The molecule has 0 aliphatic rings. The first-order chi connectivity index (χ1) is 17.5. The van der Waals surface area contributed by atoms with Gasteiger partial charge in [0.15, 0.2) is 5.82 Å². The molecule has 3 N–H and O–H groups in total. The average Bonchev–Trinajstić information content (AvgIpc) is 3.23. The molecule has 0 atom stereocenters. The summed E-state index contributed by atoms with van der Waals surface area (Å²) in [7, 11) is 0. The van der Waals surface area contributed by atoms with Gasteiger partial charge in [-0.05, 0) is 32.3 Å². The molecule has 196 valence electrons. The van der Waals surface area contributed by atoms with Gasteiger partial charge in [0, 0.05) is 37.7 Å². The SMILES string of the molecule is CCCCc1nc2c(N)nc3ccccc3c2n1CCCCNC(=O)CCOCCOCCC(C)=O. The van der Waals surface area contributed by atoms with Gasteiger partial charge in [-0.15, -0.1) is 0 Å². The lowest BCUT2D eigenvalue weighted by molar-refractivity contribution is -0.122. The van der Waals surface area contributed by atoms with Crippen LogP contribution in [0.5, 0.6) is 0 Å². The Kier molecular flexibility index (Phi) is 11.1. The van der Waals surface area contributed by atoms with E-state index in [0.717, 1.165) is 66.4 Å². The summed E-state index contributed by atoms with van der Waals surface area (Å²) in [6, 6.07) is 8.04. The zero-order valence-corrected chi connectivity index (χ0v) is 21.6. The van der Waals surface area contributed by atoms with Crippen molar-refractivity contribution in [2.75, 3.05) is 38.7 Å². The Labute approximate surface area is 212 Å². The van der Waals surface area contributed by atoms with Crippen LogP contribution in [0.2, 0.25) is 0 Å². The number of aryl methyl sites for hydroxylation is 2. The van der Waals surface area contributed by atoms with Crippen molar-refractivity contribution < 1.29 is 19.1 Å². The van der Waals surface area contributed by atoms with Crippen LogP contribution in [0.15, 0.2) is 24.3 Å². The van der Waals surface area contributed by atoms with E-state index in [-0.39, 0.29) is 11.7 Å². The molecule has 9 nitrogen and oxygen atoms in total. The van der Waals surface area contributed by atoms with Crippen molar-refractivity contribution >= 4 is 39.4 Å². The van der Waals surface area contributed by atoms with E-state index < -0.39 is 0 Å². The number of aromatic nitrogens is 3. The number of hydrogen-bond acceptors (Lipinski definition) is 7. The van der Waals surface area contributed by atoms with Crippen LogP contribution in [0.25, 0.3) is 21.9 Å². The largest absolute Gasteiger partial charge is 0.382 e. The zero-order chi connectivity index (χ0) is 25.8. The molecule has 0 unspecified atom stereocenters. The van der Waals surface area contributed by atoms with Crippen LogP contribution in [-0.2, 0) is 32.0 Å². The molecular formula is C27H39N5O4. The summed E-state index contributed by atoms with van der Waals surface area (Å²) < 4.78 is 13.0. The van der Waals surface area contributed by atoms with Crippen molar-refractivity contribution in [1.29, 1.82) is 0 Å². The first-order valence-electron chi connectivity index (χ1n) is 13.0. The summed E-state index contributed by atoms with van der Waals surface area (Å²) in [4.78, 5) is 32.3. The molecule has 0 aliphatic carbocycles. The van der Waals surface area contributed by atoms with Crippen molar-refractivity contribution in [3.63, 3.8) is 0 Å². The lowest BCUT2D eigenvalue weighted by Gasteiger charge is -2.11. The molecule has 3 rings (SSSR count). The summed E-state index contributed by atoms with van der Waals surface area (Å²) >= 11 is 0. The Hall–Kier alpha value is -3.04. The Bertz CT molecular complexity index is 1140. The first-order valence-corrected chi connectivity index (χ1v) is 13.0. The monoisotopic (exact) mass is 497 g/mol. The lowest BCUT2D eigenvalue weighted by Crippen LogP contribution is -2.26. The minimum atomic E-state index is -0.0194. The van der Waals surface area contributed by atoms with E-state index in [9.17, 15) is 9.59 Å². The molecule has 1 amide bonds. The lowest BCUT2D eigenvalue weighted by atomic mass is 10.2. The third kappa shape index (κ3) is 7.99. The van der Waals surface area contributed by atoms with Crippen LogP contribution >= 0.6 is 0 Å². The number of imidazole rings is 1. The standard InChI is InChI=1S/C27H39N5O4/c1-3-4-11-23-31-25-26(21-9-5-6-10-22(21)30-27(25)28)32(23)15-8-7-14-29-24(34)13-17-36-19-18-35-16-12-20(2)33/h5-6,9-10H,3-4,7-8,11-19H2,1-2H3,(H2,28,30)(H,29,34). The number of carbonyl (C=O) groups excluding carboxylic acids is 2. The number of amides is 1. The number of anilines is 1. The maximum Gasteiger partial charge on any atom is 0.222 e. The van der Waals surface area contributed by atoms with Crippen molar-refractivity contribution in [3.05, 3.63) is 30.1 Å². The fourth-order valence-corrected chi connectivity index (χ4v) is 4.09. The fraction of sp³-hybridized carbons (Fsp3) is 0.556. The number of unbranched alkanes of at least 4 members (excludes halogenated alkanes) is 2. The number of nitrogens with two attached hydrogens (primary N) is 1. The Morgan fingerprint density at radius 1 is 1.00 bits per heavy atom. The predicted molar refractivity (Wildman–Crippen MR) is 142 cm³/mol. The van der Waals surface area contributed by atoms with Gasteiger partial charge >= 0.3 is 0 Å². The van der Waals surface area contributed by atoms with Crippen LogP contribution in [0.1, 0.15) is 58.2 Å². The molecule has 0 bridgehead atoms. The fourth-order valence-electron chi connectivity index (χ4n) is 4.09. The number of pyridine rings is 1. The molecule has 36 heavy (non-hydrogen) atoms. The highest BCUT2D eigenvalue weighted by Gasteiger charge is 2.16. The molecule has 0 spiro atoms. The molecular weight excluding hydrogens is 458 g/mol. The van der Waals surface area contributed by atoms with Gasteiger partial charge in [-0.2, -0.15) is 0 Å². The molecule has 0 fully saturated rings. The van der Waals surface area contributed by atoms with Gasteiger partial charge in [-0.1, -0.05) is 31.5 Å². The highest BCUT2D eigenvalue weighted by atomic mass is 16.5. The second-order valence-electron chi connectivity index (χ2n) is 8.98. The second kappa shape index (κ2) is 14.5. The van der Waals surface area contributed by atoms with Crippen LogP contribution in [0.3, 0.4) is 0 Å².